The van der Waals surface area contributed by atoms with E-state index in [4.69, 9.17) is 10.2 Å². The molecular formula is C27H38N6OSi. The van der Waals surface area contributed by atoms with Crippen molar-refractivity contribution in [3.8, 4) is 6.07 Å². The second-order valence-corrected chi connectivity index (χ2v) is 17.4. The van der Waals surface area contributed by atoms with Gasteiger partial charge >= 0.3 is 0 Å². The van der Waals surface area contributed by atoms with Crippen LogP contribution in [0.25, 0.3) is 22.1 Å². The predicted octanol–water partition coefficient (Wildman–Crippen LogP) is 5.87. The minimum Gasteiger partial charge on any atom is -0.353 e. The molecule has 8 heteroatoms. The average Bonchev–Trinajstić information content (AvgIpc) is 3.43. The molecule has 0 spiro atoms. The van der Waals surface area contributed by atoms with Crippen molar-refractivity contribution in [3.05, 3.63) is 24.3 Å². The topological polar surface area (TPSA) is 99.4 Å². The smallest absolute Gasteiger partial charge is 0.227 e. The largest absolute Gasteiger partial charge is 0.353 e. The number of aromatic amines is 1. The number of amides is 1. The maximum Gasteiger partial charge on any atom is 0.227 e. The van der Waals surface area contributed by atoms with E-state index >= 15 is 0 Å². The molecule has 3 heterocycles. The first kappa shape index (κ1) is 24.0. The van der Waals surface area contributed by atoms with Crippen LogP contribution < -0.4 is 5.32 Å². The first-order valence-corrected chi connectivity index (χ1v) is 16.9. The monoisotopic (exact) mass is 490 g/mol. The summed E-state index contributed by atoms with van der Waals surface area (Å²) in [4.78, 5) is 25.9. The van der Waals surface area contributed by atoms with Gasteiger partial charge < -0.3 is 14.9 Å². The normalized spacial score (nSPS) is 25.5. The Kier molecular flexibility index (Phi) is 6.71. The van der Waals surface area contributed by atoms with Crippen LogP contribution in [0.4, 0.5) is 0 Å². The Hall–Kier alpha value is -2.66. The van der Waals surface area contributed by atoms with Crippen LogP contribution in [0.5, 0.6) is 0 Å². The highest BCUT2D eigenvalue weighted by atomic mass is 28.3. The van der Waals surface area contributed by atoms with Crippen LogP contribution in [0.3, 0.4) is 0 Å². The van der Waals surface area contributed by atoms with E-state index < -0.39 is 8.07 Å². The Morgan fingerprint density at radius 3 is 2.60 bits per heavy atom. The Morgan fingerprint density at radius 1 is 1.17 bits per heavy atom. The number of nitriles is 1. The zero-order valence-electron chi connectivity index (χ0n) is 21.3. The van der Waals surface area contributed by atoms with Gasteiger partial charge in [-0.15, -0.1) is 0 Å². The molecule has 2 fully saturated rings. The summed E-state index contributed by atoms with van der Waals surface area (Å²) in [5, 5.41) is 13.5. The third kappa shape index (κ3) is 5.01. The molecule has 35 heavy (non-hydrogen) atoms. The lowest BCUT2D eigenvalue weighted by atomic mass is 9.84. The number of hydrogen-bond acceptors (Lipinski definition) is 4. The third-order valence-electron chi connectivity index (χ3n) is 8.50. The third-order valence-corrected chi connectivity index (χ3v) is 11.5. The second kappa shape index (κ2) is 9.77. The fourth-order valence-electron chi connectivity index (χ4n) is 6.42. The van der Waals surface area contributed by atoms with E-state index in [1.54, 1.807) is 0 Å². The Bertz CT molecular complexity index is 1230. The SMILES string of the molecule is C[Si](C)(C)C1CCC(NC(=O)Cc2nc3cnc4[nH]ccc4c3n2C2CCC(CC#N)CC2)CC1. The van der Waals surface area contributed by atoms with Crippen LogP contribution in [0.1, 0.15) is 69.7 Å². The van der Waals surface area contributed by atoms with Crippen molar-refractivity contribution in [2.75, 3.05) is 0 Å². The minimum atomic E-state index is -1.11. The number of imidazole rings is 1. The Morgan fingerprint density at radius 2 is 1.91 bits per heavy atom. The highest BCUT2D eigenvalue weighted by molar-refractivity contribution is 6.77. The summed E-state index contributed by atoms with van der Waals surface area (Å²) < 4.78 is 2.33. The van der Waals surface area contributed by atoms with Gasteiger partial charge in [0.1, 0.15) is 17.0 Å². The number of rotatable bonds is 6. The first-order chi connectivity index (χ1) is 16.8. The molecule has 186 valence electrons. The van der Waals surface area contributed by atoms with E-state index in [1.165, 1.54) is 12.8 Å². The lowest BCUT2D eigenvalue weighted by molar-refractivity contribution is -0.121. The van der Waals surface area contributed by atoms with Crippen molar-refractivity contribution >= 4 is 36.0 Å². The molecule has 0 atom stereocenters. The summed E-state index contributed by atoms with van der Waals surface area (Å²) in [5.41, 5.74) is 3.66. The fourth-order valence-corrected chi connectivity index (χ4v) is 8.49. The molecule has 1 amide bonds. The fraction of sp³-hybridized carbons (Fsp3) is 0.630. The van der Waals surface area contributed by atoms with Crippen molar-refractivity contribution in [1.82, 2.24) is 24.8 Å². The van der Waals surface area contributed by atoms with Gasteiger partial charge in [-0.1, -0.05) is 32.5 Å². The summed E-state index contributed by atoms with van der Waals surface area (Å²) in [6.07, 6.45) is 13.5. The molecule has 0 aromatic carbocycles. The molecule has 0 radical (unpaired) electrons. The summed E-state index contributed by atoms with van der Waals surface area (Å²) in [5.74, 6) is 1.40. The van der Waals surface area contributed by atoms with E-state index in [1.807, 2.05) is 12.4 Å². The quantitative estimate of drug-likeness (QED) is 0.422. The molecule has 2 N–H and O–H groups in total. The Balaban J connectivity index is 1.36. The molecule has 2 aliphatic rings. The zero-order valence-corrected chi connectivity index (χ0v) is 22.3. The van der Waals surface area contributed by atoms with Crippen LogP contribution in [-0.4, -0.2) is 39.5 Å². The summed E-state index contributed by atoms with van der Waals surface area (Å²) in [7, 11) is -1.11. The molecule has 3 aromatic rings. The van der Waals surface area contributed by atoms with E-state index in [0.29, 0.717) is 24.8 Å². The van der Waals surface area contributed by atoms with Gasteiger partial charge in [0, 0.05) is 38.2 Å². The van der Waals surface area contributed by atoms with Crippen molar-refractivity contribution in [1.29, 1.82) is 5.26 Å². The highest BCUT2D eigenvalue weighted by Gasteiger charge is 2.32. The number of nitrogens with one attached hydrogen (secondary N) is 2. The number of hydrogen-bond donors (Lipinski definition) is 2. The number of carbonyl (C=O) groups excluding carboxylic acids is 1. The maximum absolute atomic E-state index is 13.2. The number of aromatic nitrogens is 4. The molecule has 5 rings (SSSR count). The van der Waals surface area contributed by atoms with Crippen LogP contribution in [0.15, 0.2) is 18.5 Å². The number of fused-ring (bicyclic) bond motifs is 3. The molecule has 2 saturated carbocycles. The predicted molar refractivity (Wildman–Crippen MR) is 142 cm³/mol. The van der Waals surface area contributed by atoms with E-state index in [0.717, 1.165) is 72.0 Å². The van der Waals surface area contributed by atoms with Gasteiger partial charge in [0.05, 0.1) is 24.2 Å². The summed E-state index contributed by atoms with van der Waals surface area (Å²) >= 11 is 0. The molecular weight excluding hydrogens is 452 g/mol. The van der Waals surface area contributed by atoms with Crippen molar-refractivity contribution in [2.45, 2.75) is 101 Å². The molecule has 0 bridgehead atoms. The lowest BCUT2D eigenvalue weighted by Gasteiger charge is -2.36. The van der Waals surface area contributed by atoms with Crippen LogP contribution in [0.2, 0.25) is 25.2 Å². The Labute approximate surface area is 208 Å². The second-order valence-electron chi connectivity index (χ2n) is 11.8. The highest BCUT2D eigenvalue weighted by Crippen LogP contribution is 2.39. The van der Waals surface area contributed by atoms with Gasteiger partial charge in [-0.3, -0.25) is 4.79 Å². The van der Waals surface area contributed by atoms with Gasteiger partial charge in [0.15, 0.2) is 0 Å². The van der Waals surface area contributed by atoms with Crippen molar-refractivity contribution in [2.24, 2.45) is 5.92 Å². The van der Waals surface area contributed by atoms with Crippen LogP contribution in [0, 0.1) is 17.2 Å². The van der Waals surface area contributed by atoms with Crippen molar-refractivity contribution < 1.29 is 4.79 Å². The zero-order chi connectivity index (χ0) is 24.6. The molecule has 7 nitrogen and oxygen atoms in total. The first-order valence-electron chi connectivity index (χ1n) is 13.3. The van der Waals surface area contributed by atoms with E-state index in [9.17, 15) is 4.79 Å². The molecule has 3 aromatic heterocycles. The average molecular weight is 491 g/mol. The van der Waals surface area contributed by atoms with E-state index in [2.05, 4.69) is 51.6 Å². The minimum absolute atomic E-state index is 0.0782. The standard InChI is InChI=1S/C27H38N6OSi/c1-35(2,3)21-10-6-19(7-11-21)31-25(34)16-24-32-23-17-30-27-22(13-15-29-27)26(23)33(24)20-8-4-18(5-9-20)12-14-28/h13,15,17-21H,4-12,16H2,1-3H3,(H,29,30)(H,31,34). The van der Waals surface area contributed by atoms with Gasteiger partial charge in [0.25, 0.3) is 0 Å². The van der Waals surface area contributed by atoms with Gasteiger partial charge in [-0.25, -0.2) is 9.97 Å². The summed E-state index contributed by atoms with van der Waals surface area (Å²) in [6, 6.07) is 4.98. The van der Waals surface area contributed by atoms with Crippen LogP contribution >= 0.6 is 0 Å². The van der Waals surface area contributed by atoms with E-state index in [-0.39, 0.29) is 11.9 Å². The number of carbonyl (C=O) groups is 1. The molecule has 0 unspecified atom stereocenters. The summed E-state index contributed by atoms with van der Waals surface area (Å²) in [6.45, 7) is 7.39. The molecule has 0 aliphatic heterocycles. The van der Waals surface area contributed by atoms with Crippen molar-refractivity contribution in [3.63, 3.8) is 0 Å². The lowest BCUT2D eigenvalue weighted by Crippen LogP contribution is -2.41. The molecule has 0 saturated heterocycles. The molecule has 2 aliphatic carbocycles. The number of pyridine rings is 1. The maximum atomic E-state index is 13.2. The number of H-pyrrole nitrogens is 1. The number of nitrogens with zero attached hydrogens (tertiary/aromatic N) is 4. The van der Waals surface area contributed by atoms with Crippen LogP contribution in [-0.2, 0) is 11.2 Å². The van der Waals surface area contributed by atoms with Gasteiger partial charge in [-0.2, -0.15) is 5.26 Å². The van der Waals surface area contributed by atoms with Gasteiger partial charge in [-0.05, 0) is 56.1 Å². The van der Waals surface area contributed by atoms with Gasteiger partial charge in [0.2, 0.25) is 5.91 Å².